The van der Waals surface area contributed by atoms with E-state index in [9.17, 15) is 14.0 Å². The molecule has 0 spiro atoms. The zero-order valence-corrected chi connectivity index (χ0v) is 24.0. The van der Waals surface area contributed by atoms with Crippen molar-refractivity contribution in [1.29, 1.82) is 0 Å². The predicted molar refractivity (Wildman–Crippen MR) is 158 cm³/mol. The maximum Gasteiger partial charge on any atom is 0.266 e. The van der Waals surface area contributed by atoms with Crippen LogP contribution in [-0.4, -0.2) is 34.5 Å². The van der Waals surface area contributed by atoms with Gasteiger partial charge in [0, 0.05) is 36.1 Å². The molecule has 42 heavy (non-hydrogen) atoms. The number of nitrogens with zero attached hydrogens (tertiary/aromatic N) is 3. The van der Waals surface area contributed by atoms with Gasteiger partial charge in [0.05, 0.1) is 25.3 Å². The fraction of sp³-hybridized carbons (Fsp3) is 0.212. The summed E-state index contributed by atoms with van der Waals surface area (Å²) in [6.45, 7) is 5.64. The zero-order chi connectivity index (χ0) is 30.0. The Balaban J connectivity index is 1.42. The van der Waals surface area contributed by atoms with Crippen molar-refractivity contribution in [2.24, 2.45) is 0 Å². The number of halogens is 1. The average Bonchev–Trinajstić information content (AvgIpc) is 2.98. The van der Waals surface area contributed by atoms with E-state index in [1.165, 1.54) is 30.9 Å². The van der Waals surface area contributed by atoms with Crippen molar-refractivity contribution in [3.8, 4) is 28.8 Å². The number of methoxy groups -OCH3 is 2. The number of benzene rings is 2. The van der Waals surface area contributed by atoms with Crippen molar-refractivity contribution >= 4 is 16.8 Å². The third kappa shape index (κ3) is 5.33. The van der Waals surface area contributed by atoms with Gasteiger partial charge in [-0.1, -0.05) is 19.1 Å². The molecule has 5 aromatic rings. The van der Waals surface area contributed by atoms with Gasteiger partial charge in [-0.2, -0.15) is 0 Å². The van der Waals surface area contributed by atoms with Crippen LogP contribution in [0.25, 0.3) is 16.7 Å². The molecule has 0 saturated carbocycles. The maximum atomic E-state index is 13.6. The SMILES string of the molecule is CCc1c(C)c(C(=O)Cc2ccc(Oc3ccnc4cc(OC)c(OC)nc34)cc2)c(=O)n(-c2ccc(F)cc2)c1C. The standard InChI is InChI=1S/C33H30FN3O5/c1-6-25-19(2)30(33(39)37(20(25)3)23-11-9-22(34)10-12-23)27(38)17-21-7-13-24(14-8-21)42-28-15-16-35-26-18-29(40-4)32(41-5)36-31(26)28/h7-16,18H,6,17H2,1-5H3. The number of pyridine rings is 3. The highest BCUT2D eigenvalue weighted by Gasteiger charge is 2.22. The first-order valence-electron chi connectivity index (χ1n) is 13.4. The predicted octanol–water partition coefficient (Wildman–Crippen LogP) is 6.33. The third-order valence-electron chi connectivity index (χ3n) is 7.27. The number of carbonyl (C=O) groups excluding carboxylic acids is 1. The van der Waals surface area contributed by atoms with Crippen LogP contribution in [-0.2, 0) is 12.8 Å². The molecule has 214 valence electrons. The first kappa shape index (κ1) is 28.5. The Hall–Kier alpha value is -5.05. The molecule has 9 heteroatoms. The Morgan fingerprint density at radius 3 is 2.31 bits per heavy atom. The van der Waals surface area contributed by atoms with Gasteiger partial charge in [0.25, 0.3) is 11.4 Å². The minimum Gasteiger partial charge on any atom is -0.491 e. The van der Waals surface area contributed by atoms with E-state index in [0.717, 1.165) is 16.8 Å². The van der Waals surface area contributed by atoms with Crippen LogP contribution in [0.1, 0.15) is 39.7 Å². The summed E-state index contributed by atoms with van der Waals surface area (Å²) < 4.78 is 31.8. The number of ether oxygens (including phenoxy) is 3. The van der Waals surface area contributed by atoms with Gasteiger partial charge in [-0.05, 0) is 73.4 Å². The molecule has 0 fully saturated rings. The number of aromatic nitrogens is 3. The molecule has 5 rings (SSSR count). The number of fused-ring (bicyclic) bond motifs is 1. The summed E-state index contributed by atoms with van der Waals surface area (Å²) in [5.74, 6) is 1.10. The Bertz CT molecular complexity index is 1850. The first-order valence-corrected chi connectivity index (χ1v) is 13.4. The molecule has 0 N–H and O–H groups in total. The van der Waals surface area contributed by atoms with Crippen LogP contribution in [0.3, 0.4) is 0 Å². The van der Waals surface area contributed by atoms with E-state index in [2.05, 4.69) is 9.97 Å². The highest BCUT2D eigenvalue weighted by molar-refractivity contribution is 5.99. The monoisotopic (exact) mass is 567 g/mol. The number of hydrogen-bond acceptors (Lipinski definition) is 7. The largest absolute Gasteiger partial charge is 0.491 e. The van der Waals surface area contributed by atoms with E-state index in [0.29, 0.717) is 51.8 Å². The second-order valence-corrected chi connectivity index (χ2v) is 9.76. The van der Waals surface area contributed by atoms with E-state index < -0.39 is 11.4 Å². The molecule has 0 unspecified atom stereocenters. The highest BCUT2D eigenvalue weighted by atomic mass is 19.1. The van der Waals surface area contributed by atoms with Crippen molar-refractivity contribution in [1.82, 2.24) is 14.5 Å². The van der Waals surface area contributed by atoms with Crippen LogP contribution >= 0.6 is 0 Å². The van der Waals surface area contributed by atoms with Crippen LogP contribution < -0.4 is 19.8 Å². The van der Waals surface area contributed by atoms with Gasteiger partial charge < -0.3 is 14.2 Å². The normalized spacial score (nSPS) is 11.0. The van der Waals surface area contributed by atoms with Gasteiger partial charge in [0.2, 0.25) is 0 Å². The first-order chi connectivity index (χ1) is 20.2. The highest BCUT2D eigenvalue weighted by Crippen LogP contribution is 2.34. The molecule has 0 amide bonds. The average molecular weight is 568 g/mol. The third-order valence-corrected chi connectivity index (χ3v) is 7.27. The Kier molecular flexibility index (Phi) is 8.01. The number of carbonyl (C=O) groups is 1. The molecule has 2 aromatic carbocycles. The van der Waals surface area contributed by atoms with Gasteiger partial charge >= 0.3 is 0 Å². The molecule has 0 aliphatic carbocycles. The summed E-state index contributed by atoms with van der Waals surface area (Å²) in [5, 5.41) is 0. The molecule has 0 aliphatic heterocycles. The van der Waals surface area contributed by atoms with Crippen LogP contribution in [0.4, 0.5) is 4.39 Å². The van der Waals surface area contributed by atoms with Gasteiger partial charge in [-0.15, -0.1) is 0 Å². The zero-order valence-electron chi connectivity index (χ0n) is 24.0. The summed E-state index contributed by atoms with van der Waals surface area (Å²) in [6, 6.07) is 16.2. The molecule has 0 saturated heterocycles. The molecular weight excluding hydrogens is 537 g/mol. The molecular formula is C33H30FN3O5. The Morgan fingerprint density at radius 2 is 1.67 bits per heavy atom. The van der Waals surface area contributed by atoms with Gasteiger partial charge in [-0.3, -0.25) is 19.1 Å². The van der Waals surface area contributed by atoms with Crippen molar-refractivity contribution in [3.63, 3.8) is 0 Å². The number of rotatable bonds is 9. The second-order valence-electron chi connectivity index (χ2n) is 9.76. The van der Waals surface area contributed by atoms with Crippen LogP contribution in [0.2, 0.25) is 0 Å². The van der Waals surface area contributed by atoms with Crippen molar-refractivity contribution in [2.75, 3.05) is 14.2 Å². The lowest BCUT2D eigenvalue weighted by atomic mass is 9.94. The van der Waals surface area contributed by atoms with Gasteiger partial charge in [-0.25, -0.2) is 9.37 Å². The van der Waals surface area contributed by atoms with Crippen LogP contribution in [0.5, 0.6) is 23.1 Å². The molecule has 0 radical (unpaired) electrons. The van der Waals surface area contributed by atoms with E-state index in [4.69, 9.17) is 14.2 Å². The smallest absolute Gasteiger partial charge is 0.266 e. The van der Waals surface area contributed by atoms with Gasteiger partial charge in [0.15, 0.2) is 17.3 Å². The maximum absolute atomic E-state index is 13.6. The molecule has 3 heterocycles. The molecule has 0 bridgehead atoms. The second kappa shape index (κ2) is 11.8. The van der Waals surface area contributed by atoms with Crippen molar-refractivity contribution in [3.05, 3.63) is 111 Å². The van der Waals surface area contributed by atoms with E-state index in [1.807, 2.05) is 20.8 Å². The number of ketones is 1. The van der Waals surface area contributed by atoms with E-state index in [-0.39, 0.29) is 17.8 Å². The van der Waals surface area contributed by atoms with Crippen LogP contribution in [0.15, 0.2) is 71.7 Å². The number of hydrogen-bond donors (Lipinski definition) is 0. The minimum absolute atomic E-state index is 0.0305. The lowest BCUT2D eigenvalue weighted by molar-refractivity contribution is 0.0990. The number of Topliss-reactive ketones (excluding diaryl/α,β-unsaturated/α-hetero) is 1. The Labute approximate surface area is 242 Å². The molecule has 8 nitrogen and oxygen atoms in total. The van der Waals surface area contributed by atoms with E-state index >= 15 is 0 Å². The summed E-state index contributed by atoms with van der Waals surface area (Å²) in [5.41, 5.74) is 4.38. The molecule has 0 aliphatic rings. The quantitative estimate of drug-likeness (QED) is 0.192. The van der Waals surface area contributed by atoms with Crippen molar-refractivity contribution < 1.29 is 23.4 Å². The summed E-state index contributed by atoms with van der Waals surface area (Å²) in [6.07, 6.45) is 2.29. The Morgan fingerprint density at radius 1 is 0.952 bits per heavy atom. The van der Waals surface area contributed by atoms with Crippen LogP contribution in [0, 0.1) is 19.7 Å². The molecule has 0 atom stereocenters. The molecule has 3 aromatic heterocycles. The lowest BCUT2D eigenvalue weighted by Gasteiger charge is -2.19. The summed E-state index contributed by atoms with van der Waals surface area (Å²) >= 11 is 0. The summed E-state index contributed by atoms with van der Waals surface area (Å²) in [4.78, 5) is 36.0. The fourth-order valence-corrected chi connectivity index (χ4v) is 5.20. The minimum atomic E-state index is -0.414. The van der Waals surface area contributed by atoms with Gasteiger partial charge in [0.1, 0.15) is 17.1 Å². The summed E-state index contributed by atoms with van der Waals surface area (Å²) in [7, 11) is 3.04. The lowest BCUT2D eigenvalue weighted by Crippen LogP contribution is -2.30. The topological polar surface area (TPSA) is 92.5 Å². The van der Waals surface area contributed by atoms with Crippen molar-refractivity contribution in [2.45, 2.75) is 33.6 Å². The van der Waals surface area contributed by atoms with E-state index in [1.54, 1.807) is 54.7 Å². The fourth-order valence-electron chi connectivity index (χ4n) is 5.20.